The van der Waals surface area contributed by atoms with Gasteiger partial charge < -0.3 is 16.8 Å². The molecule has 2 atom stereocenters. The van der Waals surface area contributed by atoms with Crippen molar-refractivity contribution >= 4 is 24.2 Å². The van der Waals surface area contributed by atoms with Gasteiger partial charge >= 0.3 is 0 Å². The molecule has 6 heteroatoms. The molecule has 1 saturated heterocycles. The van der Waals surface area contributed by atoms with E-state index in [9.17, 15) is 9.59 Å². The van der Waals surface area contributed by atoms with Crippen molar-refractivity contribution in [3.8, 4) is 0 Å². The Balaban J connectivity index is 0.00000169. The summed E-state index contributed by atoms with van der Waals surface area (Å²) in [5, 5.41) is 2.73. The predicted octanol–water partition coefficient (Wildman–Crippen LogP) is -0.863. The van der Waals surface area contributed by atoms with Gasteiger partial charge in [0.05, 0.1) is 6.04 Å². The van der Waals surface area contributed by atoms with Gasteiger partial charge in [-0.05, 0) is 19.3 Å². The summed E-state index contributed by atoms with van der Waals surface area (Å²) in [6.45, 7) is 0.723. The van der Waals surface area contributed by atoms with Crippen LogP contribution in [0.2, 0.25) is 0 Å². The van der Waals surface area contributed by atoms with Crippen molar-refractivity contribution in [2.24, 2.45) is 17.4 Å². The summed E-state index contributed by atoms with van der Waals surface area (Å²) in [7, 11) is 0. The number of nitrogens with two attached hydrogens (primary N) is 2. The number of rotatable bonds is 3. The third-order valence-electron chi connectivity index (χ3n) is 2.30. The van der Waals surface area contributed by atoms with Crippen LogP contribution in [-0.4, -0.2) is 24.4 Å². The Morgan fingerprint density at radius 3 is 2.79 bits per heavy atom. The van der Waals surface area contributed by atoms with Gasteiger partial charge in [-0.25, -0.2) is 0 Å². The third-order valence-corrected chi connectivity index (χ3v) is 2.30. The standard InChI is InChI=1S/C8H15N3O2.ClH/c9-6(7(10)12)4-5-2-1-3-11-8(5)13;/h5-6H,1-4,9H2,(H2,10,12)(H,11,13);1H/t5-,6-;/m0./s1. The van der Waals surface area contributed by atoms with Crippen molar-refractivity contribution in [2.45, 2.75) is 25.3 Å². The average molecular weight is 222 g/mol. The average Bonchev–Trinajstić information content (AvgIpc) is 2.08. The number of nitrogens with one attached hydrogen (secondary N) is 1. The molecule has 0 aromatic heterocycles. The van der Waals surface area contributed by atoms with E-state index >= 15 is 0 Å². The lowest BCUT2D eigenvalue weighted by Crippen LogP contribution is -2.43. The fourth-order valence-corrected chi connectivity index (χ4v) is 1.48. The van der Waals surface area contributed by atoms with Gasteiger partial charge in [-0.3, -0.25) is 9.59 Å². The first-order chi connectivity index (χ1) is 6.11. The van der Waals surface area contributed by atoms with Crippen LogP contribution < -0.4 is 16.8 Å². The van der Waals surface area contributed by atoms with Crippen LogP contribution in [0.25, 0.3) is 0 Å². The minimum Gasteiger partial charge on any atom is -0.368 e. The van der Waals surface area contributed by atoms with Crippen LogP contribution in [0, 0.1) is 5.92 Å². The van der Waals surface area contributed by atoms with Crippen LogP contribution in [0.4, 0.5) is 0 Å². The molecule has 0 spiro atoms. The molecule has 1 heterocycles. The SMILES string of the molecule is Cl.NC(=O)[C@@H](N)C[C@@H]1CCCNC1=O. The summed E-state index contributed by atoms with van der Waals surface area (Å²) >= 11 is 0. The van der Waals surface area contributed by atoms with E-state index in [-0.39, 0.29) is 24.2 Å². The summed E-state index contributed by atoms with van der Waals surface area (Å²) < 4.78 is 0. The Morgan fingerprint density at radius 1 is 1.64 bits per heavy atom. The van der Waals surface area contributed by atoms with Crippen molar-refractivity contribution in [2.75, 3.05) is 6.54 Å². The fraction of sp³-hybridized carbons (Fsp3) is 0.750. The molecule has 0 aromatic carbocycles. The van der Waals surface area contributed by atoms with Gasteiger partial charge in [0, 0.05) is 12.5 Å². The van der Waals surface area contributed by atoms with Crippen LogP contribution in [0.5, 0.6) is 0 Å². The van der Waals surface area contributed by atoms with E-state index in [1.807, 2.05) is 0 Å². The van der Waals surface area contributed by atoms with Crippen molar-refractivity contribution in [3.05, 3.63) is 0 Å². The summed E-state index contributed by atoms with van der Waals surface area (Å²) in [5.74, 6) is -0.697. The molecule has 1 aliphatic heterocycles. The van der Waals surface area contributed by atoms with E-state index in [1.54, 1.807) is 0 Å². The highest BCUT2D eigenvalue weighted by Crippen LogP contribution is 2.16. The third kappa shape index (κ3) is 3.51. The number of piperidine rings is 1. The molecule has 5 N–H and O–H groups in total. The van der Waals surface area contributed by atoms with Crippen LogP contribution in [0.1, 0.15) is 19.3 Å². The number of carbonyl (C=O) groups excluding carboxylic acids is 2. The van der Waals surface area contributed by atoms with Gasteiger partial charge in [-0.1, -0.05) is 0 Å². The first kappa shape index (κ1) is 13.2. The Hall–Kier alpha value is -0.810. The molecule has 0 aliphatic carbocycles. The minimum atomic E-state index is -0.700. The molecule has 0 saturated carbocycles. The van der Waals surface area contributed by atoms with Gasteiger partial charge in [0.15, 0.2) is 0 Å². The van der Waals surface area contributed by atoms with E-state index in [0.29, 0.717) is 6.42 Å². The summed E-state index contributed by atoms with van der Waals surface area (Å²) in [6, 6.07) is -0.700. The van der Waals surface area contributed by atoms with Crippen LogP contribution >= 0.6 is 12.4 Å². The number of hydrogen-bond donors (Lipinski definition) is 3. The molecule has 2 amide bonds. The highest BCUT2D eigenvalue weighted by molar-refractivity contribution is 5.85. The normalized spacial score (nSPS) is 23.2. The topological polar surface area (TPSA) is 98.2 Å². The second-order valence-electron chi connectivity index (χ2n) is 3.37. The lowest BCUT2D eigenvalue weighted by molar-refractivity contribution is -0.127. The quantitative estimate of drug-likeness (QED) is 0.578. The molecular weight excluding hydrogens is 206 g/mol. The van der Waals surface area contributed by atoms with Gasteiger partial charge in [-0.2, -0.15) is 0 Å². The molecule has 1 rings (SSSR count). The lowest BCUT2D eigenvalue weighted by atomic mass is 9.92. The van der Waals surface area contributed by atoms with Crippen LogP contribution in [0.3, 0.4) is 0 Å². The Labute approximate surface area is 89.0 Å². The van der Waals surface area contributed by atoms with Crippen LogP contribution in [-0.2, 0) is 9.59 Å². The molecule has 5 nitrogen and oxygen atoms in total. The second kappa shape index (κ2) is 5.82. The van der Waals surface area contributed by atoms with Crippen molar-refractivity contribution < 1.29 is 9.59 Å². The summed E-state index contributed by atoms with van der Waals surface area (Å²) in [5.41, 5.74) is 10.5. The van der Waals surface area contributed by atoms with E-state index in [1.165, 1.54) is 0 Å². The maximum Gasteiger partial charge on any atom is 0.234 e. The molecule has 1 fully saturated rings. The predicted molar refractivity (Wildman–Crippen MR) is 54.8 cm³/mol. The van der Waals surface area contributed by atoms with E-state index in [2.05, 4.69) is 5.32 Å². The Morgan fingerprint density at radius 2 is 2.29 bits per heavy atom. The largest absolute Gasteiger partial charge is 0.368 e. The summed E-state index contributed by atoms with van der Waals surface area (Å²) in [4.78, 5) is 21.9. The highest BCUT2D eigenvalue weighted by Gasteiger charge is 2.25. The van der Waals surface area contributed by atoms with Gasteiger partial charge in [0.1, 0.15) is 0 Å². The molecule has 14 heavy (non-hydrogen) atoms. The fourth-order valence-electron chi connectivity index (χ4n) is 1.48. The molecule has 1 aliphatic rings. The maximum absolute atomic E-state index is 11.2. The van der Waals surface area contributed by atoms with Crippen LogP contribution in [0.15, 0.2) is 0 Å². The Kier molecular flexibility index (Phi) is 5.49. The van der Waals surface area contributed by atoms with Crippen molar-refractivity contribution in [1.82, 2.24) is 5.32 Å². The van der Waals surface area contributed by atoms with E-state index in [0.717, 1.165) is 19.4 Å². The molecule has 0 unspecified atom stereocenters. The highest BCUT2D eigenvalue weighted by atomic mass is 35.5. The van der Waals surface area contributed by atoms with Crippen molar-refractivity contribution in [1.29, 1.82) is 0 Å². The number of hydrogen-bond acceptors (Lipinski definition) is 3. The molecule has 0 aromatic rings. The molecule has 0 radical (unpaired) electrons. The monoisotopic (exact) mass is 221 g/mol. The van der Waals surface area contributed by atoms with Gasteiger partial charge in [0.2, 0.25) is 11.8 Å². The summed E-state index contributed by atoms with van der Waals surface area (Å²) in [6.07, 6.45) is 2.11. The lowest BCUT2D eigenvalue weighted by Gasteiger charge is -2.23. The zero-order valence-corrected chi connectivity index (χ0v) is 8.68. The molecular formula is C8H16ClN3O2. The minimum absolute atomic E-state index is 0. The van der Waals surface area contributed by atoms with Gasteiger partial charge in [0.25, 0.3) is 0 Å². The first-order valence-electron chi connectivity index (χ1n) is 4.44. The number of halogens is 1. The molecule has 82 valence electrons. The molecule has 0 bridgehead atoms. The van der Waals surface area contributed by atoms with Gasteiger partial charge in [-0.15, -0.1) is 12.4 Å². The number of amides is 2. The van der Waals surface area contributed by atoms with Crippen molar-refractivity contribution in [3.63, 3.8) is 0 Å². The smallest absolute Gasteiger partial charge is 0.234 e. The zero-order chi connectivity index (χ0) is 9.84. The second-order valence-corrected chi connectivity index (χ2v) is 3.37. The zero-order valence-electron chi connectivity index (χ0n) is 7.86. The first-order valence-corrected chi connectivity index (χ1v) is 4.44. The number of carbonyl (C=O) groups is 2. The number of primary amides is 1. The Bertz CT molecular complexity index is 223. The maximum atomic E-state index is 11.2. The van der Waals surface area contributed by atoms with E-state index in [4.69, 9.17) is 11.5 Å². The van der Waals surface area contributed by atoms with E-state index < -0.39 is 11.9 Å².